The lowest BCUT2D eigenvalue weighted by Gasteiger charge is -2.29. The van der Waals surface area contributed by atoms with E-state index in [9.17, 15) is 9.59 Å². The first-order valence-corrected chi connectivity index (χ1v) is 5.65. The lowest BCUT2D eigenvalue weighted by molar-refractivity contribution is -0.151. The maximum absolute atomic E-state index is 11.4. The quantitative estimate of drug-likeness (QED) is 0.569. The molecule has 1 aliphatic carbocycles. The second kappa shape index (κ2) is 5.39. The number of aliphatic carboxylic acids is 1. The third-order valence-electron chi connectivity index (χ3n) is 2.75. The molecule has 3 unspecified atom stereocenters. The summed E-state index contributed by atoms with van der Waals surface area (Å²) in [6.07, 6.45) is 1.68. The Morgan fingerprint density at radius 1 is 1.47 bits per heavy atom. The monoisotopic (exact) mass is 232 g/mol. The van der Waals surface area contributed by atoms with E-state index in [1.54, 1.807) is 6.92 Å². The first-order valence-electron chi connectivity index (χ1n) is 5.13. The molecule has 0 bridgehead atoms. The Balaban J connectivity index is 2.57. The van der Waals surface area contributed by atoms with Crippen LogP contribution in [-0.2, 0) is 14.3 Å². The molecule has 1 aliphatic rings. The van der Waals surface area contributed by atoms with E-state index < -0.39 is 11.9 Å². The number of hydrogen-bond acceptors (Lipinski definition) is 4. The topological polar surface area (TPSA) is 63.6 Å². The number of esters is 1. The van der Waals surface area contributed by atoms with E-state index in [-0.39, 0.29) is 17.1 Å². The van der Waals surface area contributed by atoms with Crippen molar-refractivity contribution in [2.45, 2.75) is 31.4 Å². The zero-order valence-electron chi connectivity index (χ0n) is 8.68. The molecule has 0 aromatic carbocycles. The van der Waals surface area contributed by atoms with E-state index in [2.05, 4.69) is 12.6 Å². The average molecular weight is 232 g/mol. The molecule has 1 fully saturated rings. The Hall–Kier alpha value is -0.710. The number of rotatable bonds is 3. The van der Waals surface area contributed by atoms with Crippen molar-refractivity contribution in [3.63, 3.8) is 0 Å². The summed E-state index contributed by atoms with van der Waals surface area (Å²) < 4.78 is 4.89. The van der Waals surface area contributed by atoms with E-state index in [1.165, 1.54) is 0 Å². The summed E-state index contributed by atoms with van der Waals surface area (Å²) in [5, 5.41) is 8.79. The highest BCUT2D eigenvalue weighted by molar-refractivity contribution is 7.81. The van der Waals surface area contributed by atoms with Crippen LogP contribution in [0.5, 0.6) is 0 Å². The Morgan fingerprint density at radius 2 is 2.13 bits per heavy atom. The number of ether oxygens (including phenoxy) is 1. The highest BCUT2D eigenvalue weighted by atomic mass is 32.1. The van der Waals surface area contributed by atoms with Crippen molar-refractivity contribution < 1.29 is 19.4 Å². The van der Waals surface area contributed by atoms with Crippen molar-refractivity contribution in [1.29, 1.82) is 0 Å². The van der Waals surface area contributed by atoms with Gasteiger partial charge in [0.15, 0.2) is 0 Å². The number of carboxylic acids is 1. The van der Waals surface area contributed by atoms with E-state index >= 15 is 0 Å². The van der Waals surface area contributed by atoms with Gasteiger partial charge in [-0.05, 0) is 26.2 Å². The lowest BCUT2D eigenvalue weighted by Crippen LogP contribution is -2.35. The van der Waals surface area contributed by atoms with Crippen LogP contribution >= 0.6 is 12.6 Å². The molecular weight excluding hydrogens is 216 g/mol. The van der Waals surface area contributed by atoms with Gasteiger partial charge in [0.25, 0.3) is 0 Å². The van der Waals surface area contributed by atoms with Crippen LogP contribution in [0.3, 0.4) is 0 Å². The van der Waals surface area contributed by atoms with Crippen LogP contribution in [0.4, 0.5) is 0 Å². The highest BCUT2D eigenvalue weighted by Gasteiger charge is 2.36. The fourth-order valence-corrected chi connectivity index (χ4v) is 2.29. The summed E-state index contributed by atoms with van der Waals surface area (Å²) in [4.78, 5) is 22.3. The van der Waals surface area contributed by atoms with Gasteiger partial charge in [-0.25, -0.2) is 0 Å². The minimum Gasteiger partial charge on any atom is -0.481 e. The maximum Gasteiger partial charge on any atom is 0.308 e. The average Bonchev–Trinajstić information content (AvgIpc) is 2.18. The zero-order chi connectivity index (χ0) is 11.4. The summed E-state index contributed by atoms with van der Waals surface area (Å²) in [6.45, 7) is 2.09. The standard InChI is InChI=1S/C10H16O4S/c1-2-14-10(13)6-3-4-8(15)7(5-6)9(11)12/h6-8,15H,2-5H2,1H3,(H,11,12). The predicted molar refractivity (Wildman–Crippen MR) is 57.9 cm³/mol. The van der Waals surface area contributed by atoms with Gasteiger partial charge in [0.1, 0.15) is 0 Å². The Labute approximate surface area is 94.4 Å². The summed E-state index contributed by atoms with van der Waals surface area (Å²) in [5.74, 6) is -1.95. The van der Waals surface area contributed by atoms with Gasteiger partial charge in [-0.3, -0.25) is 9.59 Å². The van der Waals surface area contributed by atoms with E-state index in [0.717, 1.165) is 0 Å². The van der Waals surface area contributed by atoms with E-state index in [0.29, 0.717) is 25.9 Å². The fraction of sp³-hybridized carbons (Fsp3) is 0.800. The SMILES string of the molecule is CCOC(=O)C1CCC(S)C(C(=O)O)C1. The van der Waals surface area contributed by atoms with Crippen molar-refractivity contribution in [1.82, 2.24) is 0 Å². The van der Waals surface area contributed by atoms with Crippen LogP contribution in [0.1, 0.15) is 26.2 Å². The summed E-state index contributed by atoms with van der Waals surface area (Å²) in [7, 11) is 0. The van der Waals surface area contributed by atoms with Crippen molar-refractivity contribution in [2.75, 3.05) is 6.61 Å². The van der Waals surface area contributed by atoms with Crippen LogP contribution in [0, 0.1) is 11.8 Å². The van der Waals surface area contributed by atoms with Crippen LogP contribution in [0.2, 0.25) is 0 Å². The van der Waals surface area contributed by atoms with Gasteiger partial charge in [-0.2, -0.15) is 12.6 Å². The number of carboxylic acid groups (broad SMARTS) is 1. The Bertz CT molecular complexity index is 254. The number of carbonyl (C=O) groups excluding carboxylic acids is 1. The highest BCUT2D eigenvalue weighted by Crippen LogP contribution is 2.33. The third kappa shape index (κ3) is 3.12. The number of thiol groups is 1. The van der Waals surface area contributed by atoms with Gasteiger partial charge in [-0.1, -0.05) is 0 Å². The smallest absolute Gasteiger partial charge is 0.308 e. The molecule has 86 valence electrons. The predicted octanol–water partition coefficient (Wildman–Crippen LogP) is 1.35. The largest absolute Gasteiger partial charge is 0.481 e. The second-order valence-corrected chi connectivity index (χ2v) is 4.44. The summed E-state index contributed by atoms with van der Waals surface area (Å²) in [6, 6.07) is 0. The number of carbonyl (C=O) groups is 2. The molecule has 4 nitrogen and oxygen atoms in total. The molecule has 5 heteroatoms. The molecule has 0 spiro atoms. The lowest BCUT2D eigenvalue weighted by atomic mass is 9.81. The molecule has 0 heterocycles. The maximum atomic E-state index is 11.4. The van der Waals surface area contributed by atoms with Crippen molar-refractivity contribution in [3.8, 4) is 0 Å². The van der Waals surface area contributed by atoms with E-state index in [1.807, 2.05) is 0 Å². The van der Waals surface area contributed by atoms with Gasteiger partial charge in [0.2, 0.25) is 0 Å². The molecule has 0 radical (unpaired) electrons. The first kappa shape index (κ1) is 12.4. The zero-order valence-corrected chi connectivity index (χ0v) is 9.57. The minimum absolute atomic E-state index is 0.145. The fourth-order valence-electron chi connectivity index (χ4n) is 1.89. The first-order chi connectivity index (χ1) is 7.06. The van der Waals surface area contributed by atoms with Crippen LogP contribution in [-0.4, -0.2) is 28.9 Å². The molecule has 0 aromatic rings. The molecule has 1 rings (SSSR count). The molecular formula is C10H16O4S. The van der Waals surface area contributed by atoms with Crippen molar-refractivity contribution >= 4 is 24.6 Å². The molecule has 0 saturated heterocycles. The van der Waals surface area contributed by atoms with E-state index in [4.69, 9.17) is 9.84 Å². The van der Waals surface area contributed by atoms with Gasteiger partial charge in [0, 0.05) is 5.25 Å². The van der Waals surface area contributed by atoms with Crippen LogP contribution < -0.4 is 0 Å². The van der Waals surface area contributed by atoms with Gasteiger partial charge < -0.3 is 9.84 Å². The Kier molecular flexibility index (Phi) is 4.45. The molecule has 0 aromatic heterocycles. The molecule has 0 amide bonds. The van der Waals surface area contributed by atoms with Crippen LogP contribution in [0.25, 0.3) is 0 Å². The molecule has 1 saturated carbocycles. The molecule has 0 aliphatic heterocycles. The Morgan fingerprint density at radius 3 is 2.67 bits per heavy atom. The minimum atomic E-state index is -0.871. The molecule has 3 atom stereocenters. The normalized spacial score (nSPS) is 30.9. The molecule has 1 N–H and O–H groups in total. The van der Waals surface area contributed by atoms with Crippen molar-refractivity contribution in [2.24, 2.45) is 11.8 Å². The van der Waals surface area contributed by atoms with Gasteiger partial charge in [0.05, 0.1) is 18.4 Å². The third-order valence-corrected chi connectivity index (χ3v) is 3.37. The van der Waals surface area contributed by atoms with Crippen molar-refractivity contribution in [3.05, 3.63) is 0 Å². The van der Waals surface area contributed by atoms with Gasteiger partial charge in [-0.15, -0.1) is 0 Å². The van der Waals surface area contributed by atoms with Crippen LogP contribution in [0.15, 0.2) is 0 Å². The summed E-state index contributed by atoms with van der Waals surface area (Å²) >= 11 is 4.22. The summed E-state index contributed by atoms with van der Waals surface area (Å²) in [5.41, 5.74) is 0. The number of hydrogen-bond donors (Lipinski definition) is 2. The molecule has 15 heavy (non-hydrogen) atoms. The second-order valence-electron chi connectivity index (χ2n) is 3.77. The van der Waals surface area contributed by atoms with Gasteiger partial charge >= 0.3 is 11.9 Å².